The zero-order valence-corrected chi connectivity index (χ0v) is 25.5. The molecule has 0 unspecified atom stereocenters. The number of aryl methyl sites for hydroxylation is 1. The van der Waals surface area contributed by atoms with Gasteiger partial charge in [0, 0.05) is 18.5 Å². The van der Waals surface area contributed by atoms with Crippen LogP contribution in [0.2, 0.25) is 0 Å². The van der Waals surface area contributed by atoms with Gasteiger partial charge in [-0.2, -0.15) is 0 Å². The van der Waals surface area contributed by atoms with Crippen molar-refractivity contribution < 1.29 is 4.79 Å². The summed E-state index contributed by atoms with van der Waals surface area (Å²) in [4.78, 5) is 32.3. The molecule has 7 rings (SSSR count). The molecule has 0 spiro atoms. The summed E-state index contributed by atoms with van der Waals surface area (Å²) in [5, 5.41) is 4.62. The van der Waals surface area contributed by atoms with Crippen molar-refractivity contribution in [3.05, 3.63) is 113 Å². The van der Waals surface area contributed by atoms with Crippen LogP contribution in [0.3, 0.4) is 0 Å². The number of aromatic nitrogens is 3. The molecule has 0 atom stereocenters. The lowest BCUT2D eigenvalue weighted by molar-refractivity contribution is -0.119. The van der Waals surface area contributed by atoms with Gasteiger partial charge in [0.15, 0.2) is 5.16 Å². The maximum Gasteiger partial charge on any atom is 0.283 e. The predicted molar refractivity (Wildman–Crippen MR) is 180 cm³/mol. The van der Waals surface area contributed by atoms with Gasteiger partial charge in [-0.05, 0) is 59.4 Å². The summed E-state index contributed by atoms with van der Waals surface area (Å²) >= 11 is 1.32. The number of hydrogen-bond donors (Lipinski definition) is 1. The fourth-order valence-electron chi connectivity index (χ4n) is 6.33. The summed E-state index contributed by atoms with van der Waals surface area (Å²) in [6.45, 7) is 0. The van der Waals surface area contributed by atoms with E-state index in [-0.39, 0.29) is 23.3 Å². The van der Waals surface area contributed by atoms with E-state index in [1.165, 1.54) is 23.7 Å². The molecule has 0 radical (unpaired) electrons. The second kappa shape index (κ2) is 12.2. The number of thioether (sulfide) groups is 1. The maximum atomic E-state index is 14.2. The number of benzene rings is 4. The van der Waals surface area contributed by atoms with Gasteiger partial charge in [0.05, 0.1) is 17.0 Å². The third-order valence-electron chi connectivity index (χ3n) is 8.62. The average molecular weight is 599 g/mol. The lowest BCUT2D eigenvalue weighted by Crippen LogP contribution is -2.37. The summed E-state index contributed by atoms with van der Waals surface area (Å²) in [7, 11) is 1.92. The highest BCUT2D eigenvalue weighted by molar-refractivity contribution is 7.99. The van der Waals surface area contributed by atoms with Gasteiger partial charge >= 0.3 is 0 Å². The van der Waals surface area contributed by atoms with Crippen molar-refractivity contribution in [3.8, 4) is 27.9 Å². The van der Waals surface area contributed by atoms with Gasteiger partial charge < -0.3 is 9.88 Å². The molecule has 6 nitrogen and oxygen atoms in total. The van der Waals surface area contributed by atoms with Gasteiger partial charge in [-0.1, -0.05) is 110 Å². The fourth-order valence-corrected chi connectivity index (χ4v) is 7.15. The van der Waals surface area contributed by atoms with Gasteiger partial charge in [-0.3, -0.25) is 14.2 Å². The van der Waals surface area contributed by atoms with Crippen molar-refractivity contribution in [3.63, 3.8) is 0 Å². The van der Waals surface area contributed by atoms with Crippen LogP contribution in [0, 0.1) is 0 Å². The van der Waals surface area contributed by atoms with Gasteiger partial charge in [-0.25, -0.2) is 4.98 Å². The van der Waals surface area contributed by atoms with Crippen LogP contribution in [0.4, 0.5) is 0 Å². The number of nitrogens with zero attached hydrogens (tertiary/aromatic N) is 3. The number of nitrogens with one attached hydrogen (secondary N) is 1. The smallest absolute Gasteiger partial charge is 0.283 e. The molecule has 4 aromatic carbocycles. The Morgan fingerprint density at radius 1 is 0.818 bits per heavy atom. The van der Waals surface area contributed by atoms with E-state index in [2.05, 4.69) is 59.9 Å². The molecule has 2 heterocycles. The summed E-state index contributed by atoms with van der Waals surface area (Å²) in [5.74, 6) is 0.181. The molecule has 220 valence electrons. The predicted octanol–water partition coefficient (Wildman–Crippen LogP) is 7.75. The standard InChI is InChI=1S/C37H34N4O2S/c1-40-32-22-21-28(27-19-17-26(18-20-27)25-11-5-2-6-12-25)23-31(32)34-35(40)36(43)41(30-15-9-4-10-16-30)37(39-34)44-24-33(42)38-29-13-7-3-8-14-29/h2,4-6,9-12,15-23,29H,3,7-8,13-14,24H2,1H3,(H,38,42). The third kappa shape index (κ3) is 5.44. The summed E-state index contributed by atoms with van der Waals surface area (Å²) in [6.07, 6.45) is 5.61. The van der Waals surface area contributed by atoms with E-state index in [4.69, 9.17) is 4.98 Å². The van der Waals surface area contributed by atoms with Crippen LogP contribution in [-0.4, -0.2) is 31.8 Å². The number of carbonyl (C=O) groups excluding carboxylic acids is 1. The zero-order chi connectivity index (χ0) is 30.0. The van der Waals surface area contributed by atoms with E-state index in [9.17, 15) is 9.59 Å². The molecule has 1 N–H and O–H groups in total. The molecule has 1 amide bonds. The molecule has 0 saturated heterocycles. The molecular formula is C37H34N4O2S. The lowest BCUT2D eigenvalue weighted by Gasteiger charge is -2.22. The van der Waals surface area contributed by atoms with Crippen molar-refractivity contribution in [1.29, 1.82) is 0 Å². The molecule has 1 aliphatic carbocycles. The van der Waals surface area contributed by atoms with E-state index in [1.54, 1.807) is 4.57 Å². The van der Waals surface area contributed by atoms with E-state index in [0.717, 1.165) is 59.0 Å². The largest absolute Gasteiger partial charge is 0.353 e. The Labute approximate surface area is 260 Å². The Kier molecular flexibility index (Phi) is 7.79. The summed E-state index contributed by atoms with van der Waals surface area (Å²) < 4.78 is 3.58. The van der Waals surface area contributed by atoms with Crippen LogP contribution in [0.1, 0.15) is 32.1 Å². The van der Waals surface area contributed by atoms with Crippen molar-refractivity contribution in [1.82, 2.24) is 19.4 Å². The van der Waals surface area contributed by atoms with Crippen molar-refractivity contribution in [2.75, 3.05) is 5.75 Å². The minimum absolute atomic E-state index is 0.0185. The Hall–Kier alpha value is -4.62. The Morgan fingerprint density at radius 3 is 2.14 bits per heavy atom. The van der Waals surface area contributed by atoms with E-state index in [0.29, 0.717) is 16.2 Å². The number of para-hydroxylation sites is 1. The van der Waals surface area contributed by atoms with Gasteiger partial charge in [-0.15, -0.1) is 0 Å². The molecular weight excluding hydrogens is 565 g/mol. The van der Waals surface area contributed by atoms with Gasteiger partial charge in [0.1, 0.15) is 11.0 Å². The molecule has 1 aliphatic rings. The molecule has 6 aromatic rings. The monoisotopic (exact) mass is 598 g/mol. The first kappa shape index (κ1) is 28.2. The highest BCUT2D eigenvalue weighted by atomic mass is 32.2. The van der Waals surface area contributed by atoms with E-state index < -0.39 is 0 Å². The van der Waals surface area contributed by atoms with Gasteiger partial charge in [0.2, 0.25) is 5.91 Å². The lowest BCUT2D eigenvalue weighted by atomic mass is 9.95. The summed E-state index contributed by atoms with van der Waals surface area (Å²) in [6, 6.07) is 35.0. The van der Waals surface area contributed by atoms with Crippen LogP contribution in [0.25, 0.3) is 49.9 Å². The molecule has 0 bridgehead atoms. The number of hydrogen-bond acceptors (Lipinski definition) is 4. The quantitative estimate of drug-likeness (QED) is 0.151. The third-order valence-corrected chi connectivity index (χ3v) is 9.56. The first-order valence-corrected chi connectivity index (χ1v) is 16.2. The highest BCUT2D eigenvalue weighted by Crippen LogP contribution is 2.33. The van der Waals surface area contributed by atoms with Crippen molar-refractivity contribution >= 4 is 39.6 Å². The Morgan fingerprint density at radius 2 is 1.43 bits per heavy atom. The zero-order valence-electron chi connectivity index (χ0n) is 24.7. The normalized spacial score (nSPS) is 13.8. The number of carbonyl (C=O) groups is 1. The number of rotatable bonds is 7. The minimum Gasteiger partial charge on any atom is -0.353 e. The maximum absolute atomic E-state index is 14.2. The van der Waals surface area contributed by atoms with Crippen LogP contribution < -0.4 is 10.9 Å². The number of fused-ring (bicyclic) bond motifs is 3. The number of amides is 1. The second-order valence-electron chi connectivity index (χ2n) is 11.5. The molecule has 1 fully saturated rings. The molecule has 0 aliphatic heterocycles. The molecule has 7 heteroatoms. The van der Waals surface area contributed by atoms with E-state index in [1.807, 2.05) is 60.1 Å². The fraction of sp³-hybridized carbons (Fsp3) is 0.216. The van der Waals surface area contributed by atoms with Crippen molar-refractivity contribution in [2.45, 2.75) is 43.3 Å². The average Bonchev–Trinajstić information content (AvgIpc) is 3.36. The van der Waals surface area contributed by atoms with E-state index >= 15 is 0 Å². The highest BCUT2D eigenvalue weighted by Gasteiger charge is 2.22. The first-order valence-electron chi connectivity index (χ1n) is 15.3. The van der Waals surface area contributed by atoms with Crippen LogP contribution in [0.5, 0.6) is 0 Å². The molecule has 2 aromatic heterocycles. The topological polar surface area (TPSA) is 68.9 Å². The summed E-state index contributed by atoms with van der Waals surface area (Å²) in [5.41, 5.74) is 7.20. The molecule has 1 saturated carbocycles. The van der Waals surface area contributed by atoms with Crippen LogP contribution in [0.15, 0.2) is 113 Å². The SMILES string of the molecule is Cn1c2ccc(-c3ccc(-c4ccccc4)cc3)cc2c2nc(SCC(=O)NC3CCCCC3)n(-c3ccccc3)c(=O)c21. The Bertz CT molecular complexity index is 2010. The minimum atomic E-state index is -0.149. The Balaban J connectivity index is 1.29. The van der Waals surface area contributed by atoms with Gasteiger partial charge in [0.25, 0.3) is 5.56 Å². The first-order chi connectivity index (χ1) is 21.6. The van der Waals surface area contributed by atoms with Crippen molar-refractivity contribution in [2.24, 2.45) is 7.05 Å². The van der Waals surface area contributed by atoms with Crippen LogP contribution in [-0.2, 0) is 11.8 Å². The van der Waals surface area contributed by atoms with Crippen LogP contribution >= 0.6 is 11.8 Å². The molecule has 44 heavy (non-hydrogen) atoms. The second-order valence-corrected chi connectivity index (χ2v) is 12.4.